The average molecular weight is 797 g/mol. The third-order valence-corrected chi connectivity index (χ3v) is 11.2. The largest absolute Gasteiger partial charge is 0.430 e. The highest BCUT2D eigenvalue weighted by atomic mass is 19.4. The first-order valence-electron chi connectivity index (χ1n) is 18.2. The van der Waals surface area contributed by atoms with E-state index in [1.807, 2.05) is 34.6 Å². The van der Waals surface area contributed by atoms with Crippen molar-refractivity contribution in [2.24, 2.45) is 28.6 Å². The van der Waals surface area contributed by atoms with Gasteiger partial charge in [-0.2, -0.15) is 52.7 Å². The monoisotopic (exact) mass is 796 g/mol. The Balaban J connectivity index is 1.76. The van der Waals surface area contributed by atoms with E-state index in [1.54, 1.807) is 6.92 Å². The zero-order valence-electron chi connectivity index (χ0n) is 31.4. The van der Waals surface area contributed by atoms with Gasteiger partial charge in [0.15, 0.2) is 0 Å². The minimum Gasteiger partial charge on any atom is -0.373 e. The van der Waals surface area contributed by atoms with Crippen molar-refractivity contribution in [3.8, 4) is 0 Å². The van der Waals surface area contributed by atoms with Gasteiger partial charge in [-0.05, 0) is 78.2 Å². The molecule has 0 amide bonds. The first kappa shape index (κ1) is 46.1. The number of benzene rings is 1. The molecule has 3 atom stereocenters. The van der Waals surface area contributed by atoms with Crippen LogP contribution in [-0.4, -0.2) is 48.8 Å². The summed E-state index contributed by atoms with van der Waals surface area (Å²) < 4.78 is 177. The molecule has 1 fully saturated rings. The molecule has 0 saturated heterocycles. The van der Waals surface area contributed by atoms with Gasteiger partial charge in [0.05, 0.1) is 6.61 Å². The van der Waals surface area contributed by atoms with Crippen molar-refractivity contribution in [2.45, 2.75) is 141 Å². The van der Waals surface area contributed by atoms with Gasteiger partial charge in [0, 0.05) is 11.5 Å². The summed E-state index contributed by atoms with van der Waals surface area (Å²) in [6.07, 6.45) is -15.2. The van der Waals surface area contributed by atoms with E-state index in [0.29, 0.717) is 30.4 Å². The summed E-state index contributed by atoms with van der Waals surface area (Å²) in [4.78, 5) is 0. The molecule has 0 heterocycles. The van der Waals surface area contributed by atoms with Crippen LogP contribution in [0.2, 0.25) is 0 Å². The minimum absolute atomic E-state index is 0.00310. The van der Waals surface area contributed by atoms with E-state index >= 15 is 0 Å². The van der Waals surface area contributed by atoms with E-state index in [-0.39, 0.29) is 24.4 Å². The molecule has 310 valence electrons. The summed E-state index contributed by atoms with van der Waals surface area (Å²) in [5.41, 5.74) is -10.7. The van der Waals surface area contributed by atoms with Gasteiger partial charge in [-0.15, -0.1) is 0 Å². The van der Waals surface area contributed by atoms with Gasteiger partial charge in [-0.25, -0.2) is 0 Å². The lowest BCUT2D eigenvalue weighted by molar-refractivity contribution is -0.402. The predicted octanol–water partition coefficient (Wildman–Crippen LogP) is 12.9. The molecule has 3 rings (SSSR count). The van der Waals surface area contributed by atoms with E-state index in [1.165, 1.54) is 24.3 Å². The number of hydrogen-bond acceptors (Lipinski definition) is 3. The standard InChI is InChI=1S/C39H52F12O3/c1-7-31(28-15-17-29(18-16-28)34(52,36(40,41)42)37(43,44)45)33(5,6)23-32(3,4)21-25(2)27-13-19-30(20-14-27)35(38(46,47)48,39(49,50)51)54-24-53-22-26-11-9-8-10-12-26/h13-17,19-20,25-26,29,31,52H,7-12,18,21-24H2,1-6H3. The van der Waals surface area contributed by atoms with Crippen LogP contribution in [0, 0.1) is 28.6 Å². The van der Waals surface area contributed by atoms with Crippen LogP contribution >= 0.6 is 0 Å². The summed E-state index contributed by atoms with van der Waals surface area (Å²) in [5.74, 6) is -2.87. The molecule has 3 nitrogen and oxygen atoms in total. The van der Waals surface area contributed by atoms with Gasteiger partial charge < -0.3 is 14.6 Å². The second-order valence-electron chi connectivity index (χ2n) is 16.5. The van der Waals surface area contributed by atoms with Crippen LogP contribution < -0.4 is 0 Å². The van der Waals surface area contributed by atoms with Crippen molar-refractivity contribution < 1.29 is 67.3 Å². The maximum absolute atomic E-state index is 14.4. The van der Waals surface area contributed by atoms with E-state index in [9.17, 15) is 57.8 Å². The minimum atomic E-state index is -5.95. The molecule has 1 N–H and O–H groups in total. The molecule has 2 aliphatic rings. The molecule has 3 unspecified atom stereocenters. The van der Waals surface area contributed by atoms with Gasteiger partial charge in [0.25, 0.3) is 11.2 Å². The highest BCUT2D eigenvalue weighted by Gasteiger charge is 2.74. The SMILES string of the molecule is CCC(C1=CCC(C(O)(C(F)(F)F)C(F)(F)F)C=C1)C(C)(C)CC(C)(C)CC(C)c1ccc(C(OCOCC2CCCCC2)(C(F)(F)F)C(F)(F)F)cc1. The highest BCUT2D eigenvalue weighted by molar-refractivity contribution is 5.33. The van der Waals surface area contributed by atoms with Gasteiger partial charge >= 0.3 is 24.7 Å². The molecular formula is C39H52F12O3. The zero-order valence-corrected chi connectivity index (χ0v) is 31.4. The number of rotatable bonds is 15. The van der Waals surface area contributed by atoms with Crippen LogP contribution in [0.15, 0.2) is 48.1 Å². The first-order valence-corrected chi connectivity index (χ1v) is 18.2. The van der Waals surface area contributed by atoms with Crippen molar-refractivity contribution in [3.05, 3.63) is 59.2 Å². The molecule has 1 aromatic rings. The number of aliphatic hydroxyl groups is 1. The van der Waals surface area contributed by atoms with Crippen LogP contribution in [0.4, 0.5) is 52.7 Å². The lowest BCUT2D eigenvalue weighted by Gasteiger charge is -2.43. The van der Waals surface area contributed by atoms with Crippen LogP contribution in [0.25, 0.3) is 0 Å². The molecule has 15 heteroatoms. The molecular weight excluding hydrogens is 744 g/mol. The summed E-state index contributed by atoms with van der Waals surface area (Å²) in [6, 6.07) is 3.97. The maximum atomic E-state index is 14.4. The Kier molecular flexibility index (Phi) is 14.3. The number of allylic oxidation sites excluding steroid dienone is 3. The molecule has 54 heavy (non-hydrogen) atoms. The van der Waals surface area contributed by atoms with Gasteiger partial charge in [0.1, 0.15) is 6.79 Å². The Morgan fingerprint density at radius 1 is 0.778 bits per heavy atom. The normalized spacial score (nSPS) is 20.2. The van der Waals surface area contributed by atoms with Gasteiger partial charge in [0.2, 0.25) is 0 Å². The van der Waals surface area contributed by atoms with Crippen molar-refractivity contribution in [3.63, 3.8) is 0 Å². The second kappa shape index (κ2) is 16.7. The molecule has 0 bridgehead atoms. The third kappa shape index (κ3) is 9.99. The molecule has 0 aromatic heterocycles. The van der Waals surface area contributed by atoms with Gasteiger partial charge in [-0.1, -0.05) is 103 Å². The highest BCUT2D eigenvalue weighted by Crippen LogP contribution is 2.55. The first-order chi connectivity index (χ1) is 24.5. The second-order valence-corrected chi connectivity index (χ2v) is 16.5. The van der Waals surface area contributed by atoms with Crippen molar-refractivity contribution in [1.29, 1.82) is 0 Å². The van der Waals surface area contributed by atoms with Crippen molar-refractivity contribution in [1.82, 2.24) is 0 Å². The number of alkyl halides is 12. The molecule has 2 aliphatic carbocycles. The Hall–Kier alpha value is -2.26. The Morgan fingerprint density at radius 3 is 1.76 bits per heavy atom. The Bertz CT molecular complexity index is 1380. The van der Waals surface area contributed by atoms with E-state index in [0.717, 1.165) is 50.3 Å². The van der Waals surface area contributed by atoms with E-state index < -0.39 is 71.4 Å². The lowest BCUT2D eigenvalue weighted by atomic mass is 9.62. The topological polar surface area (TPSA) is 38.7 Å². The van der Waals surface area contributed by atoms with Crippen molar-refractivity contribution >= 4 is 0 Å². The van der Waals surface area contributed by atoms with Crippen molar-refractivity contribution in [2.75, 3.05) is 13.4 Å². The molecule has 0 aliphatic heterocycles. The van der Waals surface area contributed by atoms with E-state index in [4.69, 9.17) is 4.74 Å². The molecule has 0 spiro atoms. The maximum Gasteiger partial charge on any atom is 0.430 e. The van der Waals surface area contributed by atoms with Crippen LogP contribution in [-0.2, 0) is 15.1 Å². The Labute approximate surface area is 309 Å². The van der Waals surface area contributed by atoms with Crippen LogP contribution in [0.5, 0.6) is 0 Å². The quantitative estimate of drug-likeness (QED) is 0.109. The summed E-state index contributed by atoms with van der Waals surface area (Å²) in [7, 11) is 0. The number of hydrogen-bond donors (Lipinski definition) is 1. The fourth-order valence-corrected chi connectivity index (χ4v) is 8.88. The number of ether oxygens (including phenoxy) is 2. The lowest BCUT2D eigenvalue weighted by Crippen LogP contribution is -2.61. The number of halogens is 12. The summed E-state index contributed by atoms with van der Waals surface area (Å²) >= 11 is 0. The zero-order chi connectivity index (χ0) is 41.2. The predicted molar refractivity (Wildman–Crippen MR) is 180 cm³/mol. The summed E-state index contributed by atoms with van der Waals surface area (Å²) in [6.45, 7) is 10.1. The Morgan fingerprint density at radius 2 is 1.31 bits per heavy atom. The summed E-state index contributed by atoms with van der Waals surface area (Å²) in [5, 5.41) is 9.85. The fourth-order valence-electron chi connectivity index (χ4n) is 8.88. The van der Waals surface area contributed by atoms with Gasteiger partial charge in [-0.3, -0.25) is 0 Å². The van der Waals surface area contributed by atoms with Crippen LogP contribution in [0.3, 0.4) is 0 Å². The van der Waals surface area contributed by atoms with Crippen LogP contribution in [0.1, 0.15) is 116 Å². The average Bonchev–Trinajstić information content (AvgIpc) is 3.02. The van der Waals surface area contributed by atoms with E-state index in [2.05, 4.69) is 4.74 Å². The fraction of sp³-hybridized carbons (Fsp3) is 0.744. The molecule has 1 saturated carbocycles. The smallest absolute Gasteiger partial charge is 0.373 e. The molecule has 0 radical (unpaired) electrons. The third-order valence-electron chi connectivity index (χ3n) is 11.2. The molecule has 1 aromatic carbocycles.